The predicted octanol–water partition coefficient (Wildman–Crippen LogP) is 8.89. The second kappa shape index (κ2) is 8.99. The number of benzene rings is 5. The minimum atomic E-state index is -0.401. The van der Waals surface area contributed by atoms with Crippen molar-refractivity contribution in [3.63, 3.8) is 0 Å². The van der Waals surface area contributed by atoms with Crippen LogP contribution in [0.1, 0.15) is 0 Å². The molecule has 0 amide bonds. The summed E-state index contributed by atoms with van der Waals surface area (Å²) in [6.45, 7) is 0. The number of fused-ring (bicyclic) bond motifs is 7. The van der Waals surface area contributed by atoms with Crippen molar-refractivity contribution in [3.8, 4) is 33.6 Å². The highest BCUT2D eigenvalue weighted by Gasteiger charge is 2.17. The summed E-state index contributed by atoms with van der Waals surface area (Å²) in [5.74, 6) is 0.367. The fourth-order valence-corrected chi connectivity index (χ4v) is 6.13. The van der Waals surface area contributed by atoms with Gasteiger partial charge in [-0.25, -0.2) is 9.78 Å². The Morgan fingerprint density at radius 1 is 0.512 bits per heavy atom. The molecule has 0 atom stereocenters. The van der Waals surface area contributed by atoms with Crippen LogP contribution in [0.3, 0.4) is 0 Å². The van der Waals surface area contributed by atoms with E-state index in [1.807, 2.05) is 97.2 Å². The lowest BCUT2D eigenvalue weighted by molar-refractivity contribution is 0.668. The number of para-hydroxylation sites is 1. The minimum absolute atomic E-state index is 0.367. The lowest BCUT2D eigenvalue weighted by atomic mass is 9.98. The van der Waals surface area contributed by atoms with Crippen molar-refractivity contribution in [1.29, 1.82) is 0 Å². The van der Waals surface area contributed by atoms with Crippen molar-refractivity contribution in [2.24, 2.45) is 0 Å². The predicted molar refractivity (Wildman–Crippen MR) is 170 cm³/mol. The molecule has 0 bridgehead atoms. The molecule has 0 aliphatic carbocycles. The maximum Gasteiger partial charge on any atom is 0.355 e. The highest BCUT2D eigenvalue weighted by atomic mass is 16.3. The zero-order valence-corrected chi connectivity index (χ0v) is 22.7. The summed E-state index contributed by atoms with van der Waals surface area (Å²) >= 11 is 0. The van der Waals surface area contributed by atoms with Crippen LogP contribution in [0.2, 0.25) is 0 Å². The molecule has 4 aromatic heterocycles. The lowest BCUT2D eigenvalue weighted by Gasteiger charge is -2.08. The van der Waals surface area contributed by atoms with E-state index >= 15 is 0 Å². The van der Waals surface area contributed by atoms with E-state index in [1.54, 1.807) is 0 Å². The molecule has 0 saturated heterocycles. The SMILES string of the molecule is O=c1nc(-c2cccc3oc4ccccc4c23)nc2ccc(-c3cccc4oc5ccc(-c6ccccc6)cc5c34)cn12. The topological polar surface area (TPSA) is 73.5 Å². The third kappa shape index (κ3) is 3.63. The number of nitrogens with zero attached hydrogens (tertiary/aromatic N) is 3. The maximum atomic E-state index is 13.5. The van der Waals surface area contributed by atoms with Crippen molar-refractivity contribution < 1.29 is 8.83 Å². The Kier molecular flexibility index (Phi) is 4.95. The van der Waals surface area contributed by atoms with Gasteiger partial charge in [-0.15, -0.1) is 0 Å². The normalized spacial score (nSPS) is 11.8. The summed E-state index contributed by atoms with van der Waals surface area (Å²) in [6.07, 6.45) is 1.81. The number of pyridine rings is 1. The van der Waals surface area contributed by atoms with Crippen LogP contribution in [-0.4, -0.2) is 14.4 Å². The number of rotatable bonds is 3. The second-order valence-electron chi connectivity index (χ2n) is 10.6. The Hall–Kier alpha value is -6.01. The zero-order valence-electron chi connectivity index (χ0n) is 22.7. The van der Waals surface area contributed by atoms with Gasteiger partial charge in [0.1, 0.15) is 28.0 Å². The highest BCUT2D eigenvalue weighted by molar-refractivity contribution is 6.13. The van der Waals surface area contributed by atoms with Gasteiger partial charge in [0.25, 0.3) is 0 Å². The van der Waals surface area contributed by atoms with Crippen LogP contribution >= 0.6 is 0 Å². The molecule has 6 nitrogen and oxygen atoms in total. The molecule has 0 fully saturated rings. The van der Waals surface area contributed by atoms with Crippen LogP contribution in [0.5, 0.6) is 0 Å². The van der Waals surface area contributed by atoms with Gasteiger partial charge in [-0.3, -0.25) is 4.40 Å². The van der Waals surface area contributed by atoms with Crippen LogP contribution < -0.4 is 5.69 Å². The first kappa shape index (κ1) is 23.7. The standard InChI is InChI=1S/C37H21N3O3/c41-37-39-36(27-12-7-15-32-35(27)26-10-4-5-13-29(26)42-32)38-33-19-17-24(21-40(33)37)25-11-6-14-31-34(25)28-20-23(16-18-30(28)43-31)22-8-2-1-3-9-22/h1-21H. The molecule has 0 aliphatic rings. The van der Waals surface area contributed by atoms with Crippen LogP contribution in [0, 0.1) is 0 Å². The number of aromatic nitrogens is 3. The van der Waals surface area contributed by atoms with Crippen LogP contribution in [-0.2, 0) is 0 Å². The lowest BCUT2D eigenvalue weighted by Crippen LogP contribution is -2.19. The fraction of sp³-hybridized carbons (Fsp3) is 0. The molecule has 202 valence electrons. The second-order valence-corrected chi connectivity index (χ2v) is 10.6. The quantitative estimate of drug-likeness (QED) is 0.218. The largest absolute Gasteiger partial charge is 0.456 e. The van der Waals surface area contributed by atoms with E-state index in [4.69, 9.17) is 13.8 Å². The van der Waals surface area contributed by atoms with Gasteiger partial charge < -0.3 is 8.83 Å². The van der Waals surface area contributed by atoms with E-state index < -0.39 is 5.69 Å². The summed E-state index contributed by atoms with van der Waals surface area (Å²) < 4.78 is 13.8. The van der Waals surface area contributed by atoms with Crippen molar-refractivity contribution in [1.82, 2.24) is 14.4 Å². The van der Waals surface area contributed by atoms with Gasteiger partial charge >= 0.3 is 5.69 Å². The highest BCUT2D eigenvalue weighted by Crippen LogP contribution is 2.39. The summed E-state index contributed by atoms with van der Waals surface area (Å²) in [5, 5.41) is 3.88. The van der Waals surface area contributed by atoms with Gasteiger partial charge in [0, 0.05) is 33.3 Å². The monoisotopic (exact) mass is 555 g/mol. The van der Waals surface area contributed by atoms with Crippen molar-refractivity contribution in [2.45, 2.75) is 0 Å². The van der Waals surface area contributed by atoms with Gasteiger partial charge in [-0.2, -0.15) is 4.98 Å². The molecule has 6 heteroatoms. The van der Waals surface area contributed by atoms with Gasteiger partial charge in [-0.1, -0.05) is 78.9 Å². The summed E-state index contributed by atoms with van der Waals surface area (Å²) in [7, 11) is 0. The molecule has 0 unspecified atom stereocenters. The Morgan fingerprint density at radius 2 is 1.19 bits per heavy atom. The van der Waals surface area contributed by atoms with Crippen molar-refractivity contribution in [3.05, 3.63) is 138 Å². The number of hydrogen-bond acceptors (Lipinski definition) is 5. The van der Waals surface area contributed by atoms with Gasteiger partial charge in [-0.05, 0) is 64.7 Å². The molecule has 0 saturated carbocycles. The van der Waals surface area contributed by atoms with Crippen molar-refractivity contribution in [2.75, 3.05) is 0 Å². The average Bonchev–Trinajstić information content (AvgIpc) is 3.63. The maximum absolute atomic E-state index is 13.5. The van der Waals surface area contributed by atoms with Crippen molar-refractivity contribution >= 4 is 49.5 Å². The first-order valence-corrected chi connectivity index (χ1v) is 14.0. The summed E-state index contributed by atoms with van der Waals surface area (Å²) in [5.41, 5.74) is 8.07. The third-order valence-electron chi connectivity index (χ3n) is 8.11. The van der Waals surface area contributed by atoms with Crippen LogP contribution in [0.4, 0.5) is 0 Å². The first-order valence-electron chi connectivity index (χ1n) is 14.0. The molecular formula is C37H21N3O3. The van der Waals surface area contributed by atoms with E-state index in [0.717, 1.165) is 71.7 Å². The van der Waals surface area contributed by atoms with Crippen LogP contribution in [0.25, 0.3) is 83.2 Å². The Bertz CT molecular complexity index is 2590. The fourth-order valence-electron chi connectivity index (χ4n) is 6.13. The average molecular weight is 556 g/mol. The van der Waals surface area contributed by atoms with Gasteiger partial charge in [0.2, 0.25) is 0 Å². The van der Waals surface area contributed by atoms with Gasteiger partial charge in [0.15, 0.2) is 5.82 Å². The van der Waals surface area contributed by atoms with E-state index in [2.05, 4.69) is 35.3 Å². The first-order chi connectivity index (χ1) is 21.2. The molecule has 4 heterocycles. The van der Waals surface area contributed by atoms with E-state index in [-0.39, 0.29) is 0 Å². The van der Waals surface area contributed by atoms with Crippen LogP contribution in [0.15, 0.2) is 141 Å². The summed E-state index contributed by atoms with van der Waals surface area (Å²) in [4.78, 5) is 22.7. The molecule has 9 rings (SSSR count). The Balaban J connectivity index is 1.21. The minimum Gasteiger partial charge on any atom is -0.456 e. The van der Waals surface area contributed by atoms with E-state index in [0.29, 0.717) is 11.5 Å². The zero-order chi connectivity index (χ0) is 28.5. The molecule has 0 aliphatic heterocycles. The molecule has 9 aromatic rings. The molecule has 43 heavy (non-hydrogen) atoms. The molecule has 5 aromatic carbocycles. The van der Waals surface area contributed by atoms with E-state index in [9.17, 15) is 4.79 Å². The molecular weight excluding hydrogens is 534 g/mol. The number of furan rings is 2. The van der Waals surface area contributed by atoms with Gasteiger partial charge in [0.05, 0.1) is 0 Å². The molecule has 0 N–H and O–H groups in total. The summed E-state index contributed by atoms with van der Waals surface area (Å²) in [6, 6.07) is 40.0. The Morgan fingerprint density at radius 3 is 2.02 bits per heavy atom. The van der Waals surface area contributed by atoms with E-state index in [1.165, 1.54) is 4.40 Å². The third-order valence-corrected chi connectivity index (χ3v) is 8.11. The number of hydrogen-bond donors (Lipinski definition) is 0. The Labute approximate surface area is 244 Å². The molecule has 0 spiro atoms. The molecule has 0 radical (unpaired) electrons. The smallest absolute Gasteiger partial charge is 0.355 e.